The molecular weight excluding hydrogens is 233 g/mol. The van der Waals surface area contributed by atoms with E-state index in [2.05, 4.69) is 4.98 Å². The first-order chi connectivity index (χ1) is 8.63. The third-order valence-corrected chi connectivity index (χ3v) is 2.65. The van der Waals surface area contributed by atoms with E-state index in [9.17, 15) is 9.18 Å². The van der Waals surface area contributed by atoms with Crippen LogP contribution in [0.2, 0.25) is 0 Å². The Kier molecular flexibility index (Phi) is 5.49. The normalized spacial score (nSPS) is 10.0. The molecule has 0 radical (unpaired) electrons. The zero-order valence-corrected chi connectivity index (χ0v) is 11.0. The number of allylic oxidation sites excluding steroid dienone is 2. The number of rotatable bonds is 6. The van der Waals surface area contributed by atoms with Gasteiger partial charge in [-0.1, -0.05) is 19.4 Å². The van der Waals surface area contributed by atoms with Crippen LogP contribution < -0.4 is 4.74 Å². The van der Waals surface area contributed by atoms with Gasteiger partial charge < -0.3 is 4.74 Å². The summed E-state index contributed by atoms with van der Waals surface area (Å²) in [5, 5.41) is 0. The lowest BCUT2D eigenvalue weighted by atomic mass is 10.1. The molecule has 4 heteroatoms. The first kappa shape index (κ1) is 14.4. The highest BCUT2D eigenvalue weighted by molar-refractivity contribution is 6.05. The van der Waals surface area contributed by atoms with Gasteiger partial charge in [0.1, 0.15) is 0 Å². The van der Waals surface area contributed by atoms with Gasteiger partial charge in [0, 0.05) is 6.20 Å². The number of halogens is 1. The molecule has 1 heterocycles. The average molecular weight is 251 g/mol. The van der Waals surface area contributed by atoms with Crippen molar-refractivity contribution in [2.45, 2.75) is 33.6 Å². The zero-order chi connectivity index (χ0) is 13.5. The summed E-state index contributed by atoms with van der Waals surface area (Å²) < 4.78 is 19.0. The molecule has 0 unspecified atom stereocenters. The topological polar surface area (TPSA) is 39.2 Å². The number of carbonyl (C=O) groups excluding carboxylic acids is 1. The number of carbonyl (C=O) groups is 1. The molecule has 0 spiro atoms. The van der Waals surface area contributed by atoms with E-state index >= 15 is 0 Å². The van der Waals surface area contributed by atoms with Crippen LogP contribution in [-0.4, -0.2) is 17.4 Å². The van der Waals surface area contributed by atoms with Gasteiger partial charge in [-0.3, -0.25) is 4.79 Å². The minimum Gasteiger partial charge on any atom is -0.476 e. The van der Waals surface area contributed by atoms with Gasteiger partial charge in [-0.05, 0) is 31.9 Å². The summed E-state index contributed by atoms with van der Waals surface area (Å²) in [4.78, 5) is 15.7. The summed E-state index contributed by atoms with van der Waals surface area (Å²) in [6.45, 7) is 5.99. The van der Waals surface area contributed by atoms with Gasteiger partial charge in [-0.15, -0.1) is 0 Å². The Bertz CT molecular complexity index is 449. The van der Waals surface area contributed by atoms with Crippen LogP contribution in [0.4, 0.5) is 4.39 Å². The van der Waals surface area contributed by atoms with Crippen molar-refractivity contribution in [3.8, 4) is 5.88 Å². The van der Waals surface area contributed by atoms with Crippen LogP contribution in [0.1, 0.15) is 44.0 Å². The molecule has 18 heavy (non-hydrogen) atoms. The zero-order valence-electron chi connectivity index (χ0n) is 11.0. The van der Waals surface area contributed by atoms with Crippen molar-refractivity contribution in [1.29, 1.82) is 0 Å². The Morgan fingerprint density at radius 3 is 2.61 bits per heavy atom. The number of hydrogen-bond donors (Lipinski definition) is 0. The predicted molar refractivity (Wildman–Crippen MR) is 68.4 cm³/mol. The number of nitrogens with zero attached hydrogens (tertiary/aromatic N) is 1. The SMILES string of the molecule is CCOc1nccc(C(=O)C=C(CC)CC)c1F. The summed E-state index contributed by atoms with van der Waals surface area (Å²) >= 11 is 0. The number of aromatic nitrogens is 1. The third-order valence-electron chi connectivity index (χ3n) is 2.65. The highest BCUT2D eigenvalue weighted by atomic mass is 19.1. The molecule has 0 bridgehead atoms. The van der Waals surface area contributed by atoms with Gasteiger partial charge in [-0.25, -0.2) is 9.37 Å². The maximum absolute atomic E-state index is 13.9. The molecule has 0 aliphatic carbocycles. The lowest BCUT2D eigenvalue weighted by molar-refractivity contribution is 0.104. The summed E-state index contributed by atoms with van der Waals surface area (Å²) in [7, 11) is 0. The Balaban J connectivity index is 3.06. The minimum atomic E-state index is -0.688. The van der Waals surface area contributed by atoms with E-state index in [0.29, 0.717) is 6.61 Å². The second kappa shape index (κ2) is 6.89. The van der Waals surface area contributed by atoms with Crippen LogP contribution in [0.15, 0.2) is 23.9 Å². The molecule has 0 fully saturated rings. The minimum absolute atomic E-state index is 0.00727. The van der Waals surface area contributed by atoms with E-state index in [4.69, 9.17) is 4.74 Å². The van der Waals surface area contributed by atoms with Crippen molar-refractivity contribution < 1.29 is 13.9 Å². The van der Waals surface area contributed by atoms with Crippen LogP contribution in [-0.2, 0) is 0 Å². The molecular formula is C14H18FNO2. The molecule has 3 nitrogen and oxygen atoms in total. The number of pyridine rings is 1. The summed E-state index contributed by atoms with van der Waals surface area (Å²) in [5.74, 6) is -1.15. The van der Waals surface area contributed by atoms with Gasteiger partial charge >= 0.3 is 0 Å². The molecule has 1 aromatic heterocycles. The molecule has 0 saturated heterocycles. The van der Waals surface area contributed by atoms with E-state index in [-0.39, 0.29) is 17.2 Å². The average Bonchev–Trinajstić information content (AvgIpc) is 2.38. The molecule has 1 rings (SSSR count). The molecule has 0 aliphatic heterocycles. The van der Waals surface area contributed by atoms with Crippen molar-refractivity contribution >= 4 is 5.78 Å². The quantitative estimate of drug-likeness (QED) is 0.573. The van der Waals surface area contributed by atoms with Crippen molar-refractivity contribution in [1.82, 2.24) is 4.98 Å². The van der Waals surface area contributed by atoms with Gasteiger partial charge in [-0.2, -0.15) is 0 Å². The highest BCUT2D eigenvalue weighted by Gasteiger charge is 2.15. The second-order valence-electron chi connectivity index (χ2n) is 3.78. The molecule has 0 atom stereocenters. The first-order valence-corrected chi connectivity index (χ1v) is 6.15. The molecule has 98 valence electrons. The Hall–Kier alpha value is -1.71. The summed E-state index contributed by atoms with van der Waals surface area (Å²) in [5.41, 5.74) is 1.00. The van der Waals surface area contributed by atoms with Gasteiger partial charge in [0.05, 0.1) is 12.2 Å². The smallest absolute Gasteiger partial charge is 0.251 e. The molecule has 0 amide bonds. The molecule has 0 aliphatic rings. The largest absolute Gasteiger partial charge is 0.476 e. The van der Waals surface area contributed by atoms with Crippen LogP contribution in [0.25, 0.3) is 0 Å². The van der Waals surface area contributed by atoms with Gasteiger partial charge in [0.2, 0.25) is 0 Å². The van der Waals surface area contributed by atoms with E-state index < -0.39 is 5.82 Å². The fourth-order valence-electron chi connectivity index (χ4n) is 1.57. The standard InChI is InChI=1S/C14H18FNO2/c1-4-10(5-2)9-12(17)11-7-8-16-14(13(11)15)18-6-3/h7-9H,4-6H2,1-3H3. The van der Waals surface area contributed by atoms with Crippen molar-refractivity contribution in [3.63, 3.8) is 0 Å². The van der Waals surface area contributed by atoms with E-state index in [1.807, 2.05) is 13.8 Å². The first-order valence-electron chi connectivity index (χ1n) is 6.15. The molecule has 0 saturated carbocycles. The van der Waals surface area contributed by atoms with Crippen molar-refractivity contribution in [3.05, 3.63) is 35.3 Å². The molecule has 1 aromatic rings. The lowest BCUT2D eigenvalue weighted by Crippen LogP contribution is -2.05. The number of ether oxygens (including phenoxy) is 1. The number of hydrogen-bond acceptors (Lipinski definition) is 3. The predicted octanol–water partition coefficient (Wildman–Crippen LogP) is 3.55. The van der Waals surface area contributed by atoms with Crippen molar-refractivity contribution in [2.24, 2.45) is 0 Å². The fraction of sp³-hybridized carbons (Fsp3) is 0.429. The van der Waals surface area contributed by atoms with Gasteiger partial charge in [0.25, 0.3) is 5.88 Å². The van der Waals surface area contributed by atoms with Crippen LogP contribution >= 0.6 is 0 Å². The van der Waals surface area contributed by atoms with E-state index in [1.54, 1.807) is 6.92 Å². The molecule has 0 aromatic carbocycles. The highest BCUT2D eigenvalue weighted by Crippen LogP contribution is 2.19. The monoisotopic (exact) mass is 251 g/mol. The van der Waals surface area contributed by atoms with Crippen LogP contribution in [0, 0.1) is 5.82 Å². The molecule has 0 N–H and O–H groups in total. The van der Waals surface area contributed by atoms with Crippen molar-refractivity contribution in [2.75, 3.05) is 6.61 Å². The summed E-state index contributed by atoms with van der Waals surface area (Å²) in [6, 6.07) is 1.37. The summed E-state index contributed by atoms with van der Waals surface area (Å²) in [6.07, 6.45) is 4.45. The third kappa shape index (κ3) is 3.39. The second-order valence-corrected chi connectivity index (χ2v) is 3.78. The number of ketones is 1. The fourth-order valence-corrected chi connectivity index (χ4v) is 1.57. The maximum Gasteiger partial charge on any atom is 0.251 e. The lowest BCUT2D eigenvalue weighted by Gasteiger charge is -2.06. The Labute approximate surface area is 107 Å². The van der Waals surface area contributed by atoms with Gasteiger partial charge in [0.15, 0.2) is 11.6 Å². The van der Waals surface area contributed by atoms with E-state index in [1.165, 1.54) is 18.3 Å². The maximum atomic E-state index is 13.9. The Morgan fingerprint density at radius 1 is 1.39 bits per heavy atom. The van der Waals surface area contributed by atoms with Crippen LogP contribution in [0.5, 0.6) is 5.88 Å². The van der Waals surface area contributed by atoms with Crippen LogP contribution in [0.3, 0.4) is 0 Å². The van der Waals surface area contributed by atoms with E-state index in [0.717, 1.165) is 18.4 Å². The Morgan fingerprint density at radius 2 is 2.06 bits per heavy atom.